The van der Waals surface area contributed by atoms with Gasteiger partial charge >= 0.3 is 17.9 Å². The quantitative estimate of drug-likeness (QED) is 0.0121. The van der Waals surface area contributed by atoms with Crippen LogP contribution in [0.4, 0.5) is 0 Å². The minimum atomic E-state index is -1.37. The molecule has 484 valence electrons. The number of nitrogens with zero attached hydrogens (tertiary/aromatic N) is 1. The van der Waals surface area contributed by atoms with E-state index in [1.807, 2.05) is 0 Å². The normalized spacial score (nSPS) is 15.2. The van der Waals surface area contributed by atoms with Gasteiger partial charge < -0.3 is 30.2 Å². The molecular formula is C74H96N4O10S2. The lowest BCUT2D eigenvalue weighted by molar-refractivity contribution is -0.151. The zero-order chi connectivity index (χ0) is 64.8. The van der Waals surface area contributed by atoms with E-state index in [1.54, 1.807) is 65.8 Å². The fourth-order valence-corrected chi connectivity index (χ4v) is 11.4. The number of ketones is 1. The predicted molar refractivity (Wildman–Crippen MR) is 367 cm³/mol. The number of esters is 3. The molecule has 14 nitrogen and oxygen atoms in total. The van der Waals surface area contributed by atoms with Crippen LogP contribution in [-0.4, -0.2) is 84.1 Å². The molecule has 3 aromatic rings. The third-order valence-electron chi connectivity index (χ3n) is 14.7. The lowest BCUT2D eigenvalue weighted by Gasteiger charge is -2.34. The number of carbonyl (C=O) groups is 7. The Morgan fingerprint density at radius 1 is 0.533 bits per heavy atom. The summed E-state index contributed by atoms with van der Waals surface area (Å²) in [5.74, 6) is -2.87. The zero-order valence-electron chi connectivity index (χ0n) is 53.4. The average Bonchev–Trinajstić information content (AvgIpc) is 1.54. The highest BCUT2D eigenvalue weighted by molar-refractivity contribution is 8.76. The van der Waals surface area contributed by atoms with Crippen LogP contribution in [0.3, 0.4) is 0 Å². The van der Waals surface area contributed by atoms with Crippen LogP contribution in [0.1, 0.15) is 181 Å². The molecular weight excluding hydrogens is 1170 g/mol. The molecule has 3 N–H and O–H groups in total. The van der Waals surface area contributed by atoms with E-state index in [9.17, 15) is 33.6 Å². The summed E-state index contributed by atoms with van der Waals surface area (Å²) in [4.78, 5) is 98.5. The molecule has 0 aliphatic heterocycles. The third-order valence-corrected chi connectivity index (χ3v) is 17.1. The molecule has 90 heavy (non-hydrogen) atoms. The van der Waals surface area contributed by atoms with Gasteiger partial charge in [-0.1, -0.05) is 183 Å². The number of unbranched alkanes of at least 4 members (excludes halogenated alkanes) is 4. The van der Waals surface area contributed by atoms with Crippen LogP contribution in [0.15, 0.2) is 182 Å². The maximum Gasteiger partial charge on any atom is 0.347 e. The largest absolute Gasteiger partial charge is 0.465 e. The summed E-state index contributed by atoms with van der Waals surface area (Å²) < 4.78 is 17.3. The molecule has 4 rings (SSSR count). The van der Waals surface area contributed by atoms with Crippen molar-refractivity contribution in [3.8, 4) is 11.5 Å². The molecule has 2 aromatic carbocycles. The van der Waals surface area contributed by atoms with Crippen molar-refractivity contribution in [2.75, 3.05) is 37.7 Å². The Hall–Kier alpha value is -7.56. The second kappa shape index (κ2) is 45.7. The van der Waals surface area contributed by atoms with Gasteiger partial charge in [0.1, 0.15) is 17.1 Å². The van der Waals surface area contributed by atoms with Crippen LogP contribution in [0, 0.1) is 16.7 Å². The van der Waals surface area contributed by atoms with Crippen molar-refractivity contribution in [3.05, 3.63) is 199 Å². The number of para-hydroxylation sites is 2. The number of nitrogens with one attached hydrogen (secondary N) is 3. The molecule has 1 fully saturated rings. The van der Waals surface area contributed by atoms with Gasteiger partial charge in [0.15, 0.2) is 5.78 Å². The maximum atomic E-state index is 14.7. The molecule has 2 atom stereocenters. The van der Waals surface area contributed by atoms with Gasteiger partial charge in [0, 0.05) is 74.1 Å². The van der Waals surface area contributed by atoms with Crippen molar-refractivity contribution in [3.63, 3.8) is 0 Å². The van der Waals surface area contributed by atoms with E-state index >= 15 is 0 Å². The summed E-state index contributed by atoms with van der Waals surface area (Å²) in [6.45, 7) is 8.63. The van der Waals surface area contributed by atoms with Crippen molar-refractivity contribution >= 4 is 63.0 Å². The molecule has 0 bridgehead atoms. The first-order valence-corrected chi connectivity index (χ1v) is 34.5. The summed E-state index contributed by atoms with van der Waals surface area (Å²) in [5, 5.41) is 8.79. The number of hydrogen-bond acceptors (Lipinski definition) is 13. The summed E-state index contributed by atoms with van der Waals surface area (Å²) in [6.07, 6.45) is 56.3. The third kappa shape index (κ3) is 29.8. The first-order chi connectivity index (χ1) is 43.8. The Morgan fingerprint density at radius 2 is 1.00 bits per heavy atom. The minimum absolute atomic E-state index is 0.00862. The van der Waals surface area contributed by atoms with Crippen LogP contribution in [0.25, 0.3) is 0 Å². The van der Waals surface area contributed by atoms with E-state index in [-0.39, 0.29) is 72.4 Å². The first-order valence-electron chi connectivity index (χ1n) is 32.0. The molecule has 0 saturated heterocycles. The summed E-state index contributed by atoms with van der Waals surface area (Å²) in [5.41, 5.74) is -2.27. The van der Waals surface area contributed by atoms with Crippen LogP contribution >= 0.6 is 21.6 Å². The second-order valence-corrected chi connectivity index (χ2v) is 24.9. The number of carbonyl (C=O) groups excluding carboxylic acids is 7. The van der Waals surface area contributed by atoms with E-state index in [4.69, 9.17) is 14.2 Å². The van der Waals surface area contributed by atoms with Gasteiger partial charge in [-0.25, -0.2) is 9.59 Å². The van der Waals surface area contributed by atoms with Crippen molar-refractivity contribution in [1.29, 1.82) is 0 Å². The van der Waals surface area contributed by atoms with Gasteiger partial charge in [-0.2, -0.15) is 0 Å². The van der Waals surface area contributed by atoms with Crippen LogP contribution in [0.5, 0.6) is 11.5 Å². The number of ether oxygens (including phenoxy) is 3. The fraction of sp³-hybridized carbons (Fsp3) is 0.432. The number of aromatic nitrogens is 1. The molecule has 2 unspecified atom stereocenters. The summed E-state index contributed by atoms with van der Waals surface area (Å²) in [7, 11) is 3.20. The topological polar surface area (TPSA) is 196 Å². The number of allylic oxidation sites excluding steroid dienone is 18. The highest BCUT2D eigenvalue weighted by Gasteiger charge is 2.70. The van der Waals surface area contributed by atoms with Gasteiger partial charge in [0.2, 0.25) is 17.7 Å². The van der Waals surface area contributed by atoms with Crippen molar-refractivity contribution in [2.24, 2.45) is 16.7 Å². The average molecular weight is 1270 g/mol. The number of rotatable bonds is 46. The van der Waals surface area contributed by atoms with Crippen molar-refractivity contribution in [1.82, 2.24) is 20.9 Å². The van der Waals surface area contributed by atoms with Crippen molar-refractivity contribution in [2.45, 2.75) is 150 Å². The lowest BCUT2D eigenvalue weighted by Crippen LogP contribution is -2.46. The molecule has 1 saturated carbocycles. The Balaban J connectivity index is 1.23. The van der Waals surface area contributed by atoms with E-state index in [0.717, 1.165) is 89.2 Å². The monoisotopic (exact) mass is 1260 g/mol. The molecule has 1 aliphatic rings. The van der Waals surface area contributed by atoms with Gasteiger partial charge in [0.05, 0.1) is 23.1 Å². The van der Waals surface area contributed by atoms with Gasteiger partial charge in [-0.3, -0.25) is 29.0 Å². The molecule has 1 aliphatic carbocycles. The first kappa shape index (κ1) is 74.9. The highest BCUT2D eigenvalue weighted by atomic mass is 33.1. The van der Waals surface area contributed by atoms with Gasteiger partial charge in [-0.15, -0.1) is 0 Å². The molecule has 3 amide bonds. The lowest BCUT2D eigenvalue weighted by atomic mass is 9.73. The molecule has 0 spiro atoms. The Kier molecular flexibility index (Phi) is 38.0. The molecule has 0 radical (unpaired) electrons. The van der Waals surface area contributed by atoms with Crippen LogP contribution in [0.2, 0.25) is 0 Å². The standard InChI is InChI=1S/C74H96N4O10S2/c1-5-7-9-11-13-15-17-19-21-23-24-26-28-30-32-34-36-48-66(79)76-53-55-89-90-56-54-77-67(80)50-52-78-72(85)74(73(3,4)59-86-68(81)49-37-35-33-31-29-27-25-22-20-18-16-14-12-10-8-6-2)57-63(74)69(82)61-44-38-40-46-64(61)88-71(84)62-45-39-41-47-65(62)87-70(83)60-43-42-51-75-58-60/h7-10,13-16,19-22,24,26,30-33,38-47,51,58,63H,5-6,11-12,17-18,23,25,27-29,34-37,48-50,52-57,59H2,1-4H3,(H,76,79)(H,77,80)(H,78,85)/b9-7-,10-8-,15-13-,16-14-,21-19-,22-20-,26-24-,32-30-,33-31+. The van der Waals surface area contributed by atoms with Gasteiger partial charge in [0.25, 0.3) is 0 Å². The number of benzene rings is 2. The Bertz CT molecular complexity index is 2960. The van der Waals surface area contributed by atoms with E-state index in [1.165, 1.54) is 42.7 Å². The van der Waals surface area contributed by atoms with E-state index < -0.39 is 46.3 Å². The molecule has 1 heterocycles. The SMILES string of the molecule is CC/C=C\C/C=C\C/C=C\C/C=C\C/C=C\CCCC(=O)NCCSSCCNC(=O)CCNC(=O)C1(C(C)(C)COC(=O)CCC/C=C/CCC/C=C\C/C=C\C/C=C\CC)CC1C(=O)c1ccccc1OC(=O)c1ccccc1OC(=O)c1cccnc1. The van der Waals surface area contributed by atoms with E-state index in [2.05, 4.69) is 144 Å². The second-order valence-electron chi connectivity index (χ2n) is 22.2. The zero-order valence-corrected chi connectivity index (χ0v) is 55.1. The predicted octanol–water partition coefficient (Wildman–Crippen LogP) is 16.1. The van der Waals surface area contributed by atoms with Gasteiger partial charge in [-0.05, 0) is 139 Å². The number of pyridine rings is 1. The van der Waals surface area contributed by atoms with E-state index in [0.29, 0.717) is 38.1 Å². The number of hydrogen-bond donors (Lipinski definition) is 3. The smallest absolute Gasteiger partial charge is 0.347 e. The summed E-state index contributed by atoms with van der Waals surface area (Å²) in [6, 6.07) is 15.4. The Labute approximate surface area is 543 Å². The maximum absolute atomic E-state index is 14.7. The molecule has 16 heteroatoms. The number of amides is 3. The highest BCUT2D eigenvalue weighted by Crippen LogP contribution is 2.65. The van der Waals surface area contributed by atoms with Crippen LogP contribution in [-0.2, 0) is 23.9 Å². The number of Topliss-reactive ketones (excluding diaryl/α,β-unsaturated/α-hetero) is 1. The Morgan fingerprint density at radius 3 is 1.54 bits per heavy atom. The van der Waals surface area contributed by atoms with Crippen molar-refractivity contribution < 1.29 is 47.8 Å². The van der Waals surface area contributed by atoms with Crippen LogP contribution < -0.4 is 25.4 Å². The fourth-order valence-electron chi connectivity index (χ4n) is 9.55. The summed E-state index contributed by atoms with van der Waals surface area (Å²) >= 11 is 0. The minimum Gasteiger partial charge on any atom is -0.465 e. The molecule has 1 aromatic heterocycles.